The third-order valence-electron chi connectivity index (χ3n) is 3.77. The Morgan fingerprint density at radius 1 is 1.48 bits per heavy atom. The molecule has 0 bridgehead atoms. The normalized spacial score (nSPS) is 18.9. The zero-order valence-electron chi connectivity index (χ0n) is 14.2. The van der Waals surface area contributed by atoms with Gasteiger partial charge >= 0.3 is 6.09 Å². The van der Waals surface area contributed by atoms with Gasteiger partial charge in [0.2, 0.25) is 0 Å². The molecule has 2 rings (SSSR count). The molecule has 1 aromatic rings. The number of aryl methyl sites for hydroxylation is 1. The summed E-state index contributed by atoms with van der Waals surface area (Å²) in [6, 6.07) is 1.51. The number of nitrogen functional groups attached to an aromatic ring is 1. The second-order valence-electron chi connectivity index (χ2n) is 6.85. The minimum absolute atomic E-state index is 0.114. The lowest BCUT2D eigenvalue weighted by molar-refractivity contribution is 0.00704. The molecule has 3 N–H and O–H groups in total. The Bertz CT molecular complexity index is 571. The summed E-state index contributed by atoms with van der Waals surface area (Å²) in [4.78, 5) is 20.1. The van der Waals surface area contributed by atoms with Crippen LogP contribution in [0.15, 0.2) is 12.3 Å². The summed E-state index contributed by atoms with van der Waals surface area (Å²) in [5.41, 5.74) is 7.14. The molecule has 23 heavy (non-hydrogen) atoms. The van der Waals surface area contributed by atoms with E-state index in [4.69, 9.17) is 10.5 Å². The van der Waals surface area contributed by atoms with Gasteiger partial charge in [0.15, 0.2) is 0 Å². The molecule has 2 heterocycles. The molecule has 0 saturated carbocycles. The van der Waals surface area contributed by atoms with Gasteiger partial charge in [0.1, 0.15) is 11.4 Å². The Morgan fingerprint density at radius 2 is 2.17 bits per heavy atom. The fraction of sp³-hybridized carbons (Fsp3) is 0.625. The van der Waals surface area contributed by atoms with Crippen molar-refractivity contribution < 1.29 is 14.6 Å². The Balaban J connectivity index is 2.11. The molecule has 1 amide bonds. The van der Waals surface area contributed by atoms with Crippen molar-refractivity contribution in [3.63, 3.8) is 0 Å². The highest BCUT2D eigenvalue weighted by Crippen LogP contribution is 2.24. The number of aliphatic hydroxyl groups excluding tert-OH is 1. The van der Waals surface area contributed by atoms with E-state index >= 15 is 0 Å². The Labute approximate surface area is 137 Å². The van der Waals surface area contributed by atoms with Crippen molar-refractivity contribution in [2.45, 2.75) is 39.3 Å². The predicted molar refractivity (Wildman–Crippen MR) is 89.4 cm³/mol. The highest BCUT2D eigenvalue weighted by Gasteiger charge is 2.33. The average Bonchev–Trinajstić information content (AvgIpc) is 2.44. The first-order valence-electron chi connectivity index (χ1n) is 7.79. The van der Waals surface area contributed by atoms with Crippen LogP contribution in [-0.2, 0) is 4.74 Å². The van der Waals surface area contributed by atoms with E-state index < -0.39 is 5.60 Å². The van der Waals surface area contributed by atoms with E-state index in [-0.39, 0.29) is 18.7 Å². The number of rotatable bonds is 2. The first-order chi connectivity index (χ1) is 10.7. The molecule has 7 heteroatoms. The first kappa shape index (κ1) is 17.3. The van der Waals surface area contributed by atoms with Crippen molar-refractivity contribution in [2.75, 3.05) is 36.9 Å². The molecule has 1 aromatic heterocycles. The highest BCUT2D eigenvalue weighted by molar-refractivity contribution is 5.69. The van der Waals surface area contributed by atoms with Gasteiger partial charge in [-0.25, -0.2) is 9.78 Å². The zero-order chi connectivity index (χ0) is 17.2. The molecular formula is C16H26N4O3. The van der Waals surface area contributed by atoms with Gasteiger partial charge < -0.3 is 20.5 Å². The molecule has 1 atom stereocenters. The van der Waals surface area contributed by atoms with Gasteiger partial charge in [-0.05, 0) is 39.3 Å². The van der Waals surface area contributed by atoms with E-state index in [0.717, 1.165) is 11.3 Å². The number of hydrogen-bond acceptors (Lipinski definition) is 6. The van der Waals surface area contributed by atoms with Gasteiger partial charge in [0.05, 0.1) is 24.5 Å². The minimum Gasteiger partial charge on any atom is -0.444 e. The number of carbonyl (C=O) groups excluding carboxylic acids is 1. The van der Waals surface area contributed by atoms with E-state index in [0.29, 0.717) is 25.5 Å². The van der Waals surface area contributed by atoms with Crippen LogP contribution in [0.2, 0.25) is 0 Å². The maximum atomic E-state index is 12.3. The van der Waals surface area contributed by atoms with E-state index in [1.165, 1.54) is 0 Å². The minimum atomic E-state index is -0.550. The SMILES string of the molecule is Cc1cc(N)ncc1N1CCN(C(=O)OC(C)(C)C)[C@@H](CO)C1. The van der Waals surface area contributed by atoms with Gasteiger partial charge in [0.25, 0.3) is 0 Å². The second-order valence-corrected chi connectivity index (χ2v) is 6.85. The van der Waals surface area contributed by atoms with E-state index in [2.05, 4.69) is 9.88 Å². The fourth-order valence-corrected chi connectivity index (χ4v) is 2.69. The number of pyridine rings is 1. The van der Waals surface area contributed by atoms with Crippen LogP contribution in [0.3, 0.4) is 0 Å². The number of aromatic nitrogens is 1. The monoisotopic (exact) mass is 322 g/mol. The van der Waals surface area contributed by atoms with Crippen LogP contribution < -0.4 is 10.6 Å². The lowest BCUT2D eigenvalue weighted by Crippen LogP contribution is -2.57. The summed E-state index contributed by atoms with van der Waals surface area (Å²) >= 11 is 0. The second kappa shape index (κ2) is 6.62. The summed E-state index contributed by atoms with van der Waals surface area (Å²) in [6.07, 6.45) is 1.35. The molecule has 0 radical (unpaired) electrons. The smallest absolute Gasteiger partial charge is 0.410 e. The van der Waals surface area contributed by atoms with Crippen molar-refractivity contribution in [1.82, 2.24) is 9.88 Å². The van der Waals surface area contributed by atoms with Crippen LogP contribution in [0, 0.1) is 6.92 Å². The molecule has 128 valence electrons. The van der Waals surface area contributed by atoms with Gasteiger partial charge in [-0.2, -0.15) is 0 Å². The Kier molecular flexibility index (Phi) is 4.99. The molecule has 0 unspecified atom stereocenters. The largest absolute Gasteiger partial charge is 0.444 e. The number of aliphatic hydroxyl groups is 1. The summed E-state index contributed by atoms with van der Waals surface area (Å²) in [6.45, 7) is 9.03. The lowest BCUT2D eigenvalue weighted by atomic mass is 10.1. The zero-order valence-corrected chi connectivity index (χ0v) is 14.2. The predicted octanol–water partition coefficient (Wildman–Crippen LogP) is 1.39. The molecule has 1 saturated heterocycles. The maximum Gasteiger partial charge on any atom is 0.410 e. The van der Waals surface area contributed by atoms with Crippen molar-refractivity contribution in [3.8, 4) is 0 Å². The van der Waals surface area contributed by atoms with Crippen LogP contribution in [0.5, 0.6) is 0 Å². The van der Waals surface area contributed by atoms with Gasteiger partial charge in [-0.15, -0.1) is 0 Å². The molecule has 0 spiro atoms. The number of carbonyl (C=O) groups is 1. The molecule has 0 aliphatic carbocycles. The molecule has 1 aliphatic rings. The van der Waals surface area contributed by atoms with Crippen LogP contribution in [-0.4, -0.2) is 59.0 Å². The standard InChI is InChI=1S/C16H26N4O3/c1-11-7-14(17)18-8-13(11)19-5-6-20(12(9-19)10-21)15(22)23-16(2,3)4/h7-8,12,21H,5-6,9-10H2,1-4H3,(H2,17,18)/t12-/m1/s1. The number of nitrogens with zero attached hydrogens (tertiary/aromatic N) is 3. The van der Waals surface area contributed by atoms with E-state index in [1.54, 1.807) is 11.1 Å². The number of piperazine rings is 1. The van der Waals surface area contributed by atoms with Crippen molar-refractivity contribution >= 4 is 17.6 Å². The van der Waals surface area contributed by atoms with Crippen LogP contribution in [0.1, 0.15) is 26.3 Å². The number of nitrogens with two attached hydrogens (primary N) is 1. The first-order valence-corrected chi connectivity index (χ1v) is 7.79. The van der Waals surface area contributed by atoms with Gasteiger partial charge in [-0.1, -0.05) is 0 Å². The van der Waals surface area contributed by atoms with E-state index in [1.807, 2.05) is 33.8 Å². The molecule has 7 nitrogen and oxygen atoms in total. The summed E-state index contributed by atoms with van der Waals surface area (Å²) in [7, 11) is 0. The molecule has 0 aromatic carbocycles. The lowest BCUT2D eigenvalue weighted by Gasteiger charge is -2.42. The van der Waals surface area contributed by atoms with Crippen molar-refractivity contribution in [2.24, 2.45) is 0 Å². The van der Waals surface area contributed by atoms with Crippen LogP contribution in [0.4, 0.5) is 16.3 Å². The third-order valence-corrected chi connectivity index (χ3v) is 3.77. The fourth-order valence-electron chi connectivity index (χ4n) is 2.69. The number of ether oxygens (including phenoxy) is 1. The Hall–Kier alpha value is -2.02. The molecule has 1 fully saturated rings. The quantitative estimate of drug-likeness (QED) is 0.855. The maximum absolute atomic E-state index is 12.3. The number of anilines is 2. The van der Waals surface area contributed by atoms with E-state index in [9.17, 15) is 9.90 Å². The van der Waals surface area contributed by atoms with Crippen LogP contribution >= 0.6 is 0 Å². The topological polar surface area (TPSA) is 91.9 Å². The van der Waals surface area contributed by atoms with Crippen molar-refractivity contribution in [1.29, 1.82) is 0 Å². The third kappa shape index (κ3) is 4.25. The number of hydrogen-bond donors (Lipinski definition) is 2. The van der Waals surface area contributed by atoms with Crippen LogP contribution in [0.25, 0.3) is 0 Å². The summed E-state index contributed by atoms with van der Waals surface area (Å²) < 4.78 is 5.42. The molecule has 1 aliphatic heterocycles. The van der Waals surface area contributed by atoms with Crippen molar-refractivity contribution in [3.05, 3.63) is 17.8 Å². The van der Waals surface area contributed by atoms with Gasteiger partial charge in [-0.3, -0.25) is 4.90 Å². The highest BCUT2D eigenvalue weighted by atomic mass is 16.6. The number of amides is 1. The summed E-state index contributed by atoms with van der Waals surface area (Å²) in [5.74, 6) is 0.484. The molecular weight excluding hydrogens is 296 g/mol. The Morgan fingerprint density at radius 3 is 2.74 bits per heavy atom. The average molecular weight is 322 g/mol. The van der Waals surface area contributed by atoms with Gasteiger partial charge in [0, 0.05) is 19.6 Å². The summed E-state index contributed by atoms with van der Waals surface area (Å²) in [5, 5.41) is 9.68.